The van der Waals surface area contributed by atoms with E-state index in [9.17, 15) is 13.6 Å². The van der Waals surface area contributed by atoms with Crippen LogP contribution in [0.1, 0.15) is 36.0 Å². The lowest BCUT2D eigenvalue weighted by Crippen LogP contribution is -2.37. The van der Waals surface area contributed by atoms with Gasteiger partial charge in [0.05, 0.1) is 0 Å². The average molecular weight is 240 g/mol. The van der Waals surface area contributed by atoms with Crippen LogP contribution in [0, 0.1) is 11.6 Å². The number of carbonyl (C=O) groups is 1. The fraction of sp³-hybridized carbons (Fsp3) is 0.462. The molecule has 2 nitrogen and oxygen atoms in total. The van der Waals surface area contributed by atoms with Gasteiger partial charge in [-0.25, -0.2) is 8.78 Å². The van der Waals surface area contributed by atoms with E-state index in [-0.39, 0.29) is 11.3 Å². The molecule has 1 aliphatic carbocycles. The van der Waals surface area contributed by atoms with Crippen LogP contribution in [-0.4, -0.2) is 18.5 Å². The summed E-state index contributed by atoms with van der Waals surface area (Å²) in [5.74, 6) is -1.80. The maximum absolute atomic E-state index is 13.1. The van der Waals surface area contributed by atoms with Crippen LogP contribution in [0.4, 0.5) is 8.78 Å². The minimum absolute atomic E-state index is 0.0475. The molecule has 1 aliphatic rings. The molecule has 0 aliphatic heterocycles. The third-order valence-electron chi connectivity index (χ3n) is 3.34. The van der Waals surface area contributed by atoms with Gasteiger partial charge in [0.1, 0.15) is 17.2 Å². The van der Waals surface area contributed by atoms with E-state index < -0.39 is 17.2 Å². The second-order valence-corrected chi connectivity index (χ2v) is 4.39. The molecule has 0 heterocycles. The van der Waals surface area contributed by atoms with Gasteiger partial charge in [0.2, 0.25) is 0 Å². The number of ketones is 1. The van der Waals surface area contributed by atoms with Crippen molar-refractivity contribution in [3.63, 3.8) is 0 Å². The Morgan fingerprint density at radius 3 is 2.18 bits per heavy atom. The Bertz CT molecular complexity index is 417. The van der Waals surface area contributed by atoms with E-state index in [0.717, 1.165) is 31.0 Å². The number of hydrogen-bond acceptors (Lipinski definition) is 2. The number of benzene rings is 1. The maximum Gasteiger partial charge on any atom is 0.194 e. The topological polar surface area (TPSA) is 26.3 Å². The SMILES string of the molecule is COC1(C(=O)c2cc(F)cc(F)c2)CCCC1. The average Bonchev–Trinajstić information content (AvgIpc) is 2.76. The van der Waals surface area contributed by atoms with Crippen molar-refractivity contribution in [1.82, 2.24) is 0 Å². The van der Waals surface area contributed by atoms with E-state index in [1.165, 1.54) is 7.11 Å². The van der Waals surface area contributed by atoms with E-state index in [0.29, 0.717) is 12.8 Å². The second-order valence-electron chi connectivity index (χ2n) is 4.39. The van der Waals surface area contributed by atoms with Crippen molar-refractivity contribution in [2.45, 2.75) is 31.3 Å². The van der Waals surface area contributed by atoms with Gasteiger partial charge in [0, 0.05) is 18.7 Å². The van der Waals surface area contributed by atoms with Crippen molar-refractivity contribution < 1.29 is 18.3 Å². The summed E-state index contributed by atoms with van der Waals surface area (Å²) in [6.07, 6.45) is 3.02. The highest BCUT2D eigenvalue weighted by Gasteiger charge is 2.41. The summed E-state index contributed by atoms with van der Waals surface area (Å²) in [4.78, 5) is 12.2. The van der Waals surface area contributed by atoms with Gasteiger partial charge < -0.3 is 4.74 Å². The molecule has 0 radical (unpaired) electrons. The molecule has 92 valence electrons. The predicted octanol–water partition coefficient (Wildman–Crippen LogP) is 3.11. The minimum atomic E-state index is -0.889. The summed E-state index contributed by atoms with van der Waals surface area (Å²) in [7, 11) is 1.47. The van der Waals surface area contributed by atoms with Crippen molar-refractivity contribution >= 4 is 5.78 Å². The third-order valence-corrected chi connectivity index (χ3v) is 3.34. The van der Waals surface area contributed by atoms with E-state index >= 15 is 0 Å². The highest BCUT2D eigenvalue weighted by molar-refractivity contribution is 6.02. The van der Waals surface area contributed by atoms with Gasteiger partial charge in [-0.15, -0.1) is 0 Å². The van der Waals surface area contributed by atoms with Crippen LogP contribution in [0.5, 0.6) is 0 Å². The van der Waals surface area contributed by atoms with Crippen molar-refractivity contribution in [2.24, 2.45) is 0 Å². The highest BCUT2D eigenvalue weighted by Crippen LogP contribution is 2.35. The molecule has 1 aromatic rings. The first-order valence-corrected chi connectivity index (χ1v) is 5.63. The minimum Gasteiger partial charge on any atom is -0.370 e. The second kappa shape index (κ2) is 4.53. The lowest BCUT2D eigenvalue weighted by atomic mass is 9.91. The molecule has 0 amide bonds. The van der Waals surface area contributed by atoms with E-state index in [4.69, 9.17) is 4.74 Å². The lowest BCUT2D eigenvalue weighted by molar-refractivity contribution is 0.00596. The molecule has 0 saturated heterocycles. The van der Waals surface area contributed by atoms with E-state index in [1.54, 1.807) is 0 Å². The summed E-state index contributed by atoms with van der Waals surface area (Å²) >= 11 is 0. The Hall–Kier alpha value is -1.29. The van der Waals surface area contributed by atoms with Gasteiger partial charge in [0.25, 0.3) is 0 Å². The molecule has 1 fully saturated rings. The molecule has 0 bridgehead atoms. The van der Waals surface area contributed by atoms with Gasteiger partial charge in [-0.1, -0.05) is 0 Å². The summed E-state index contributed by atoms with van der Waals surface area (Å²) in [5.41, 5.74) is -0.841. The summed E-state index contributed by atoms with van der Waals surface area (Å²) in [5, 5.41) is 0. The molecular weight excluding hydrogens is 226 g/mol. The van der Waals surface area contributed by atoms with Crippen LogP contribution in [0.25, 0.3) is 0 Å². The van der Waals surface area contributed by atoms with Gasteiger partial charge in [0.15, 0.2) is 5.78 Å². The maximum atomic E-state index is 13.1. The number of methoxy groups -OCH3 is 1. The molecule has 1 saturated carbocycles. The first kappa shape index (κ1) is 12.2. The molecule has 2 rings (SSSR count). The van der Waals surface area contributed by atoms with Crippen LogP contribution in [-0.2, 0) is 4.74 Å². The van der Waals surface area contributed by atoms with Crippen molar-refractivity contribution in [1.29, 1.82) is 0 Å². The standard InChI is InChI=1S/C13H14F2O2/c1-17-13(4-2-3-5-13)12(16)9-6-10(14)8-11(15)7-9/h6-8H,2-5H2,1H3. The molecule has 4 heteroatoms. The Morgan fingerprint density at radius 2 is 1.71 bits per heavy atom. The first-order chi connectivity index (χ1) is 8.07. The van der Waals surface area contributed by atoms with Crippen LogP contribution in [0.15, 0.2) is 18.2 Å². The molecule has 0 aromatic heterocycles. The highest BCUT2D eigenvalue weighted by atomic mass is 19.1. The Kier molecular flexibility index (Phi) is 3.24. The fourth-order valence-corrected chi connectivity index (χ4v) is 2.42. The van der Waals surface area contributed by atoms with Gasteiger partial charge >= 0.3 is 0 Å². The van der Waals surface area contributed by atoms with E-state index in [1.807, 2.05) is 0 Å². The number of halogens is 2. The lowest BCUT2D eigenvalue weighted by Gasteiger charge is -2.25. The van der Waals surface area contributed by atoms with E-state index in [2.05, 4.69) is 0 Å². The quantitative estimate of drug-likeness (QED) is 0.759. The molecule has 0 unspecified atom stereocenters. The summed E-state index contributed by atoms with van der Waals surface area (Å²) in [6.45, 7) is 0. The van der Waals surface area contributed by atoms with Crippen LogP contribution in [0.2, 0.25) is 0 Å². The fourth-order valence-electron chi connectivity index (χ4n) is 2.42. The van der Waals surface area contributed by atoms with Crippen molar-refractivity contribution in [2.75, 3.05) is 7.11 Å². The zero-order valence-corrected chi connectivity index (χ0v) is 9.63. The van der Waals surface area contributed by atoms with Gasteiger partial charge in [-0.3, -0.25) is 4.79 Å². The van der Waals surface area contributed by atoms with Crippen LogP contribution < -0.4 is 0 Å². The Balaban J connectivity index is 2.35. The number of ether oxygens (including phenoxy) is 1. The zero-order valence-electron chi connectivity index (χ0n) is 9.63. The molecule has 1 aromatic carbocycles. The Morgan fingerprint density at radius 1 is 1.18 bits per heavy atom. The number of Topliss-reactive ketones (excluding diaryl/α,β-unsaturated/α-hetero) is 1. The third kappa shape index (κ3) is 2.22. The molecule has 0 spiro atoms. The molecule has 0 N–H and O–H groups in total. The van der Waals surface area contributed by atoms with Gasteiger partial charge in [-0.2, -0.15) is 0 Å². The summed E-state index contributed by atoms with van der Waals surface area (Å²) in [6, 6.07) is 2.87. The normalized spacial score (nSPS) is 18.3. The van der Waals surface area contributed by atoms with Crippen molar-refractivity contribution in [3.05, 3.63) is 35.4 Å². The monoisotopic (exact) mass is 240 g/mol. The van der Waals surface area contributed by atoms with Gasteiger partial charge in [-0.05, 0) is 37.8 Å². The summed E-state index contributed by atoms with van der Waals surface area (Å²) < 4.78 is 31.4. The molecular formula is C13H14F2O2. The first-order valence-electron chi connectivity index (χ1n) is 5.63. The van der Waals surface area contributed by atoms with Crippen LogP contribution in [0.3, 0.4) is 0 Å². The Labute approximate surface area is 98.6 Å². The molecule has 0 atom stereocenters. The number of carbonyl (C=O) groups excluding carboxylic acids is 1. The number of hydrogen-bond donors (Lipinski definition) is 0. The molecule has 17 heavy (non-hydrogen) atoms. The van der Waals surface area contributed by atoms with Crippen LogP contribution >= 0.6 is 0 Å². The largest absolute Gasteiger partial charge is 0.370 e. The predicted molar refractivity (Wildman–Crippen MR) is 58.9 cm³/mol. The zero-order chi connectivity index (χ0) is 12.5. The number of rotatable bonds is 3. The smallest absolute Gasteiger partial charge is 0.194 e. The van der Waals surface area contributed by atoms with Crippen molar-refractivity contribution in [3.8, 4) is 0 Å².